The van der Waals surface area contributed by atoms with Crippen LogP contribution in [-0.2, 0) is 16.1 Å². The number of benzene rings is 2. The van der Waals surface area contributed by atoms with Gasteiger partial charge in [-0.1, -0.05) is 64.3 Å². The zero-order valence-electron chi connectivity index (χ0n) is 17.7. The normalized spacial score (nSPS) is 12.7. The van der Waals surface area contributed by atoms with E-state index in [-0.39, 0.29) is 24.5 Å². The Morgan fingerprint density at radius 2 is 1.83 bits per heavy atom. The quantitative estimate of drug-likeness (QED) is 0.525. The third-order valence-electron chi connectivity index (χ3n) is 4.89. The summed E-state index contributed by atoms with van der Waals surface area (Å²) in [5.74, 6) is -0.0620. The Labute approximate surface area is 191 Å². The van der Waals surface area contributed by atoms with E-state index in [1.54, 1.807) is 25.1 Å². The number of rotatable bonds is 9. The van der Waals surface area contributed by atoms with E-state index >= 15 is 0 Å². The van der Waals surface area contributed by atoms with Crippen LogP contribution in [0.1, 0.15) is 38.3 Å². The molecule has 30 heavy (non-hydrogen) atoms. The van der Waals surface area contributed by atoms with Crippen molar-refractivity contribution in [3.05, 3.63) is 63.1 Å². The summed E-state index contributed by atoms with van der Waals surface area (Å²) in [5, 5.41) is 3.36. The molecule has 0 aliphatic carbocycles. The molecule has 2 atom stereocenters. The molecule has 7 heteroatoms. The van der Waals surface area contributed by atoms with Crippen LogP contribution in [0, 0.1) is 6.92 Å². The second kappa shape index (κ2) is 11.4. The van der Waals surface area contributed by atoms with E-state index in [2.05, 4.69) is 21.2 Å². The van der Waals surface area contributed by atoms with Crippen molar-refractivity contribution in [1.29, 1.82) is 0 Å². The Bertz CT molecular complexity index is 873. The summed E-state index contributed by atoms with van der Waals surface area (Å²) in [4.78, 5) is 27.3. The van der Waals surface area contributed by atoms with Crippen LogP contribution >= 0.6 is 27.5 Å². The molecule has 1 N–H and O–H groups in total. The zero-order valence-corrected chi connectivity index (χ0v) is 20.1. The Kier molecular flexibility index (Phi) is 9.18. The average Bonchev–Trinajstić information content (AvgIpc) is 2.71. The number of carbonyl (C=O) groups excluding carboxylic acids is 2. The molecule has 0 aliphatic heterocycles. The second-order valence-electron chi connectivity index (χ2n) is 7.36. The van der Waals surface area contributed by atoms with Crippen molar-refractivity contribution in [2.24, 2.45) is 0 Å². The van der Waals surface area contributed by atoms with Crippen LogP contribution in [0.25, 0.3) is 0 Å². The third kappa shape index (κ3) is 7.03. The molecule has 2 aromatic rings. The molecular formula is C23H28BrClN2O3. The molecule has 2 rings (SSSR count). The minimum Gasteiger partial charge on any atom is -0.482 e. The van der Waals surface area contributed by atoms with Crippen LogP contribution in [0.3, 0.4) is 0 Å². The summed E-state index contributed by atoms with van der Waals surface area (Å²) < 4.78 is 6.47. The van der Waals surface area contributed by atoms with E-state index in [1.165, 1.54) is 4.90 Å². The lowest BCUT2D eigenvalue weighted by atomic mass is 10.1. The van der Waals surface area contributed by atoms with Crippen molar-refractivity contribution in [3.63, 3.8) is 0 Å². The molecule has 0 aliphatic rings. The summed E-state index contributed by atoms with van der Waals surface area (Å²) >= 11 is 9.52. The standard InChI is InChI=1S/C23H28BrClN2O3/c1-5-16(3)26-23(29)17(4)27(13-18-8-6-15(2)7-9-18)22(28)14-30-21-11-10-19(24)12-20(21)25/h6-12,16-17H,5,13-14H2,1-4H3,(H,26,29)/t16-,17+/m0/s1. The number of carbonyl (C=O) groups is 2. The van der Waals surface area contributed by atoms with E-state index in [0.717, 1.165) is 22.0 Å². The van der Waals surface area contributed by atoms with Crippen molar-refractivity contribution in [2.75, 3.05) is 6.61 Å². The molecular weight excluding hydrogens is 468 g/mol. The summed E-state index contributed by atoms with van der Waals surface area (Å²) in [6.07, 6.45) is 0.815. The fourth-order valence-corrected chi connectivity index (χ4v) is 3.48. The Morgan fingerprint density at radius 3 is 2.43 bits per heavy atom. The number of amides is 2. The molecule has 0 saturated carbocycles. The molecule has 0 bridgehead atoms. The van der Waals surface area contributed by atoms with Crippen molar-refractivity contribution in [1.82, 2.24) is 10.2 Å². The lowest BCUT2D eigenvalue weighted by Crippen LogP contribution is -2.50. The number of nitrogens with zero attached hydrogens (tertiary/aromatic N) is 1. The molecule has 162 valence electrons. The monoisotopic (exact) mass is 494 g/mol. The van der Waals surface area contributed by atoms with Gasteiger partial charge in [0.05, 0.1) is 5.02 Å². The van der Waals surface area contributed by atoms with Gasteiger partial charge < -0.3 is 15.0 Å². The summed E-state index contributed by atoms with van der Waals surface area (Å²) in [5.41, 5.74) is 2.08. The van der Waals surface area contributed by atoms with Gasteiger partial charge in [-0.2, -0.15) is 0 Å². The molecule has 0 heterocycles. The molecule has 5 nitrogen and oxygen atoms in total. The Hall–Kier alpha value is -2.05. The maximum Gasteiger partial charge on any atom is 0.261 e. The molecule has 2 amide bonds. The van der Waals surface area contributed by atoms with Gasteiger partial charge >= 0.3 is 0 Å². The topological polar surface area (TPSA) is 58.6 Å². The maximum atomic E-state index is 13.0. The van der Waals surface area contributed by atoms with Gasteiger partial charge in [-0.05, 0) is 51.0 Å². The first kappa shape index (κ1) is 24.2. The first-order chi connectivity index (χ1) is 14.2. The van der Waals surface area contributed by atoms with E-state index < -0.39 is 6.04 Å². The highest BCUT2D eigenvalue weighted by atomic mass is 79.9. The molecule has 2 aromatic carbocycles. The molecule has 0 fully saturated rings. The van der Waals surface area contributed by atoms with Crippen molar-refractivity contribution in [2.45, 2.75) is 52.7 Å². The number of halogens is 2. The number of aryl methyl sites for hydroxylation is 1. The van der Waals surface area contributed by atoms with E-state index in [1.807, 2.05) is 45.0 Å². The van der Waals surface area contributed by atoms with Gasteiger partial charge in [0.25, 0.3) is 5.91 Å². The van der Waals surface area contributed by atoms with E-state index in [4.69, 9.17) is 16.3 Å². The van der Waals surface area contributed by atoms with E-state index in [0.29, 0.717) is 17.3 Å². The van der Waals surface area contributed by atoms with Gasteiger partial charge in [0.15, 0.2) is 6.61 Å². The Morgan fingerprint density at radius 1 is 1.17 bits per heavy atom. The van der Waals surface area contributed by atoms with Gasteiger partial charge in [-0.15, -0.1) is 0 Å². The minimum atomic E-state index is -0.642. The van der Waals surface area contributed by atoms with Crippen LogP contribution < -0.4 is 10.1 Å². The second-order valence-corrected chi connectivity index (χ2v) is 8.69. The highest BCUT2D eigenvalue weighted by molar-refractivity contribution is 9.10. The summed E-state index contributed by atoms with van der Waals surface area (Å²) in [6, 6.07) is 12.5. The smallest absolute Gasteiger partial charge is 0.261 e. The number of hydrogen-bond acceptors (Lipinski definition) is 3. The molecule has 0 saturated heterocycles. The molecule has 0 unspecified atom stereocenters. The first-order valence-corrected chi connectivity index (χ1v) is 11.1. The van der Waals surface area contributed by atoms with Gasteiger partial charge in [0.1, 0.15) is 11.8 Å². The lowest BCUT2D eigenvalue weighted by molar-refractivity contribution is -0.142. The first-order valence-electron chi connectivity index (χ1n) is 9.94. The largest absolute Gasteiger partial charge is 0.482 e. The molecule has 0 aromatic heterocycles. The number of ether oxygens (including phenoxy) is 1. The van der Waals surface area contributed by atoms with Crippen LogP contribution in [0.15, 0.2) is 46.9 Å². The average molecular weight is 496 g/mol. The van der Waals surface area contributed by atoms with Crippen LogP contribution in [-0.4, -0.2) is 35.4 Å². The van der Waals surface area contributed by atoms with Crippen LogP contribution in [0.5, 0.6) is 5.75 Å². The Balaban J connectivity index is 2.16. The van der Waals surface area contributed by atoms with Crippen molar-refractivity contribution in [3.8, 4) is 5.75 Å². The summed E-state index contributed by atoms with van der Waals surface area (Å²) in [7, 11) is 0. The van der Waals surface area contributed by atoms with Crippen LogP contribution in [0.2, 0.25) is 5.02 Å². The van der Waals surface area contributed by atoms with Gasteiger partial charge in [0, 0.05) is 17.1 Å². The number of nitrogens with one attached hydrogen (secondary N) is 1. The SMILES string of the molecule is CC[C@H](C)NC(=O)[C@@H](C)N(Cc1ccc(C)cc1)C(=O)COc1ccc(Br)cc1Cl. The predicted molar refractivity (Wildman–Crippen MR) is 124 cm³/mol. The minimum absolute atomic E-state index is 0.0362. The fraction of sp³-hybridized carbons (Fsp3) is 0.391. The van der Waals surface area contributed by atoms with Crippen LogP contribution in [0.4, 0.5) is 0 Å². The molecule has 0 radical (unpaired) electrons. The lowest BCUT2D eigenvalue weighted by Gasteiger charge is -2.29. The summed E-state index contributed by atoms with van der Waals surface area (Å²) in [6.45, 7) is 7.77. The van der Waals surface area contributed by atoms with E-state index in [9.17, 15) is 9.59 Å². The molecule has 0 spiro atoms. The predicted octanol–water partition coefficient (Wildman–Crippen LogP) is 5.12. The number of hydrogen-bond donors (Lipinski definition) is 1. The highest BCUT2D eigenvalue weighted by Gasteiger charge is 2.27. The zero-order chi connectivity index (χ0) is 22.3. The van der Waals surface area contributed by atoms with Crippen molar-refractivity contribution < 1.29 is 14.3 Å². The highest BCUT2D eigenvalue weighted by Crippen LogP contribution is 2.27. The maximum absolute atomic E-state index is 13.0. The van der Waals surface area contributed by atoms with Crippen molar-refractivity contribution >= 4 is 39.3 Å². The fourth-order valence-electron chi connectivity index (χ4n) is 2.75. The van der Waals surface area contributed by atoms with Gasteiger partial charge in [-0.25, -0.2) is 0 Å². The van der Waals surface area contributed by atoms with Gasteiger partial charge in [0.2, 0.25) is 5.91 Å². The van der Waals surface area contributed by atoms with Gasteiger partial charge in [-0.3, -0.25) is 9.59 Å². The third-order valence-corrected chi connectivity index (χ3v) is 5.68.